The molecule has 0 heterocycles. The lowest BCUT2D eigenvalue weighted by Crippen LogP contribution is -2.47. The first-order chi connectivity index (χ1) is 7.78. The van der Waals surface area contributed by atoms with E-state index in [4.69, 9.17) is 0 Å². The third kappa shape index (κ3) is 5.16. The van der Waals surface area contributed by atoms with Gasteiger partial charge in [-0.25, -0.2) is 0 Å². The van der Waals surface area contributed by atoms with Crippen LogP contribution in [0.1, 0.15) is 19.8 Å². The minimum Gasteiger partial charge on any atom is -0.346 e. The van der Waals surface area contributed by atoms with Crippen LogP contribution < -0.4 is 10.6 Å². The van der Waals surface area contributed by atoms with Crippen molar-refractivity contribution in [2.45, 2.75) is 36.7 Å². The lowest BCUT2D eigenvalue weighted by atomic mass is 10.3. The van der Waals surface area contributed by atoms with Crippen molar-refractivity contribution in [1.82, 2.24) is 10.6 Å². The molecule has 0 spiro atoms. The second-order valence-electron chi connectivity index (χ2n) is 4.32. The Morgan fingerprint density at radius 3 is 2.47 bits per heavy atom. The molecule has 1 rings (SSSR count). The van der Waals surface area contributed by atoms with Gasteiger partial charge < -0.3 is 10.6 Å². The van der Waals surface area contributed by atoms with Gasteiger partial charge in [0.1, 0.15) is 6.54 Å². The van der Waals surface area contributed by atoms with E-state index >= 15 is 0 Å². The van der Waals surface area contributed by atoms with E-state index < -0.39 is 24.7 Å². The minimum atomic E-state index is -4.35. The van der Waals surface area contributed by atoms with E-state index in [1.165, 1.54) is 0 Å². The molecule has 1 aliphatic rings. The SMILES string of the molecule is CSC1(CNC(C)C(=O)NCC(F)(F)F)CC1. The van der Waals surface area contributed by atoms with E-state index in [2.05, 4.69) is 5.32 Å². The Morgan fingerprint density at radius 2 is 2.06 bits per heavy atom. The van der Waals surface area contributed by atoms with Gasteiger partial charge in [-0.05, 0) is 26.0 Å². The molecule has 0 aromatic carbocycles. The van der Waals surface area contributed by atoms with E-state index in [9.17, 15) is 18.0 Å². The Balaban J connectivity index is 2.23. The lowest BCUT2D eigenvalue weighted by molar-refractivity contribution is -0.139. The van der Waals surface area contributed by atoms with Crippen molar-refractivity contribution in [1.29, 1.82) is 0 Å². The maximum atomic E-state index is 11.9. The molecule has 1 amide bonds. The normalized spacial score (nSPS) is 19.8. The van der Waals surface area contributed by atoms with Crippen LogP contribution in [0.15, 0.2) is 0 Å². The fraction of sp³-hybridized carbons (Fsp3) is 0.900. The second kappa shape index (κ2) is 5.48. The van der Waals surface area contributed by atoms with Crippen LogP contribution in [0.4, 0.5) is 13.2 Å². The van der Waals surface area contributed by atoms with Gasteiger partial charge in [0.2, 0.25) is 5.91 Å². The van der Waals surface area contributed by atoms with Gasteiger partial charge in [-0.15, -0.1) is 0 Å². The van der Waals surface area contributed by atoms with Crippen LogP contribution >= 0.6 is 11.8 Å². The fourth-order valence-electron chi connectivity index (χ4n) is 1.36. The Morgan fingerprint density at radius 1 is 1.47 bits per heavy atom. The van der Waals surface area contributed by atoms with Crippen LogP contribution in [0.25, 0.3) is 0 Å². The molecule has 7 heteroatoms. The van der Waals surface area contributed by atoms with Gasteiger partial charge >= 0.3 is 6.18 Å². The summed E-state index contributed by atoms with van der Waals surface area (Å²) < 4.78 is 35.8. The average Bonchev–Trinajstić information content (AvgIpc) is 3.02. The molecule has 3 nitrogen and oxygen atoms in total. The Kier molecular flexibility index (Phi) is 4.71. The Labute approximate surface area is 103 Å². The standard InChI is InChI=1S/C10H17F3N2OS/c1-7(8(16)15-6-10(11,12)13)14-5-9(17-2)3-4-9/h7,14H,3-6H2,1-2H3,(H,15,16). The van der Waals surface area contributed by atoms with Crippen molar-refractivity contribution >= 4 is 17.7 Å². The molecule has 1 aliphatic carbocycles. The highest BCUT2D eigenvalue weighted by molar-refractivity contribution is 8.00. The fourth-order valence-corrected chi connectivity index (χ4v) is 2.10. The number of hydrogen-bond acceptors (Lipinski definition) is 3. The zero-order chi connectivity index (χ0) is 13.1. The molecular weight excluding hydrogens is 253 g/mol. The van der Waals surface area contributed by atoms with Gasteiger partial charge in [-0.3, -0.25) is 4.79 Å². The largest absolute Gasteiger partial charge is 0.405 e. The van der Waals surface area contributed by atoms with Crippen molar-refractivity contribution in [2.24, 2.45) is 0 Å². The number of halogens is 3. The zero-order valence-corrected chi connectivity index (χ0v) is 10.7. The summed E-state index contributed by atoms with van der Waals surface area (Å²) in [6.45, 7) is 0.961. The van der Waals surface area contributed by atoms with Crippen molar-refractivity contribution in [3.8, 4) is 0 Å². The maximum absolute atomic E-state index is 11.9. The van der Waals surface area contributed by atoms with Gasteiger partial charge in [0.25, 0.3) is 0 Å². The molecule has 1 saturated carbocycles. The third-order valence-electron chi connectivity index (χ3n) is 2.83. The van der Waals surface area contributed by atoms with Gasteiger partial charge in [-0.1, -0.05) is 0 Å². The van der Waals surface area contributed by atoms with Gasteiger partial charge in [0.05, 0.1) is 6.04 Å². The number of hydrogen-bond donors (Lipinski definition) is 2. The maximum Gasteiger partial charge on any atom is 0.405 e. The van der Waals surface area contributed by atoms with Gasteiger partial charge in [0.15, 0.2) is 0 Å². The topological polar surface area (TPSA) is 41.1 Å². The lowest BCUT2D eigenvalue weighted by Gasteiger charge is -2.18. The number of thioether (sulfide) groups is 1. The van der Waals surface area contributed by atoms with Crippen LogP contribution in [0.3, 0.4) is 0 Å². The van der Waals surface area contributed by atoms with E-state index in [1.54, 1.807) is 18.7 Å². The second-order valence-corrected chi connectivity index (χ2v) is 5.60. The first-order valence-electron chi connectivity index (χ1n) is 5.41. The molecule has 0 aromatic rings. The van der Waals surface area contributed by atoms with Crippen LogP contribution in [0.5, 0.6) is 0 Å². The molecule has 0 saturated heterocycles. The van der Waals surface area contributed by atoms with E-state index in [0.29, 0.717) is 6.54 Å². The quantitative estimate of drug-likeness (QED) is 0.769. The van der Waals surface area contributed by atoms with Crippen molar-refractivity contribution in [3.63, 3.8) is 0 Å². The monoisotopic (exact) mass is 270 g/mol. The summed E-state index contributed by atoms with van der Waals surface area (Å²) in [6.07, 6.45) is -0.161. The van der Waals surface area contributed by atoms with Crippen molar-refractivity contribution < 1.29 is 18.0 Å². The van der Waals surface area contributed by atoms with E-state index in [1.807, 2.05) is 11.6 Å². The highest BCUT2D eigenvalue weighted by atomic mass is 32.2. The van der Waals surface area contributed by atoms with Gasteiger partial charge in [0, 0.05) is 11.3 Å². The summed E-state index contributed by atoms with van der Waals surface area (Å²) in [7, 11) is 0. The zero-order valence-electron chi connectivity index (χ0n) is 9.86. The molecule has 1 unspecified atom stereocenters. The number of nitrogens with one attached hydrogen (secondary N) is 2. The minimum absolute atomic E-state index is 0.193. The summed E-state index contributed by atoms with van der Waals surface area (Å²) in [5.41, 5.74) is 0. The van der Waals surface area contributed by atoms with Crippen molar-refractivity contribution in [3.05, 3.63) is 0 Å². The molecule has 0 bridgehead atoms. The number of rotatable bonds is 6. The predicted octanol–water partition coefficient (Wildman–Crippen LogP) is 1.54. The summed E-state index contributed by atoms with van der Waals surface area (Å²) in [5.74, 6) is -0.612. The number of carbonyl (C=O) groups excluding carboxylic acids is 1. The molecule has 0 aliphatic heterocycles. The molecule has 0 radical (unpaired) electrons. The number of amides is 1. The molecule has 1 fully saturated rings. The van der Waals surface area contributed by atoms with Crippen LogP contribution in [-0.4, -0.2) is 42.2 Å². The Bertz CT molecular complexity index is 279. The third-order valence-corrected chi connectivity index (χ3v) is 4.25. The first-order valence-corrected chi connectivity index (χ1v) is 6.63. The summed E-state index contributed by atoms with van der Waals surface area (Å²) in [5, 5.41) is 4.84. The Hall–Kier alpha value is -0.430. The molecule has 1 atom stereocenters. The number of carbonyl (C=O) groups is 1. The molecule has 2 N–H and O–H groups in total. The summed E-state index contributed by atoms with van der Waals surface area (Å²) >= 11 is 1.74. The van der Waals surface area contributed by atoms with Crippen LogP contribution in [-0.2, 0) is 4.79 Å². The molecule has 100 valence electrons. The highest BCUT2D eigenvalue weighted by Crippen LogP contribution is 2.46. The van der Waals surface area contributed by atoms with E-state index in [-0.39, 0.29) is 4.75 Å². The average molecular weight is 270 g/mol. The molecule has 17 heavy (non-hydrogen) atoms. The first kappa shape index (κ1) is 14.6. The van der Waals surface area contributed by atoms with Crippen LogP contribution in [0, 0.1) is 0 Å². The smallest absolute Gasteiger partial charge is 0.346 e. The van der Waals surface area contributed by atoms with Crippen molar-refractivity contribution in [2.75, 3.05) is 19.3 Å². The van der Waals surface area contributed by atoms with E-state index in [0.717, 1.165) is 12.8 Å². The molecular formula is C10H17F3N2OS. The molecule has 0 aromatic heterocycles. The number of alkyl halides is 3. The van der Waals surface area contributed by atoms with Crippen LogP contribution in [0.2, 0.25) is 0 Å². The highest BCUT2D eigenvalue weighted by Gasteiger charge is 2.42. The predicted molar refractivity (Wildman–Crippen MR) is 62.0 cm³/mol. The summed E-state index contributed by atoms with van der Waals surface area (Å²) in [4.78, 5) is 11.3. The van der Waals surface area contributed by atoms with Gasteiger partial charge in [-0.2, -0.15) is 24.9 Å². The summed E-state index contributed by atoms with van der Waals surface area (Å²) in [6, 6.07) is -0.595.